The largest absolute Gasteiger partial charge is 0.479 e. The number of hydrogen-bond acceptors (Lipinski definition) is 17. The number of aliphatic hydroxyl groups is 1. The number of esters is 2. The van der Waals surface area contributed by atoms with Crippen molar-refractivity contribution in [1.29, 1.82) is 0 Å². The Hall–Kier alpha value is -6.24. The van der Waals surface area contributed by atoms with Gasteiger partial charge in [0.25, 0.3) is 0 Å². The first-order valence-corrected chi connectivity index (χ1v) is 22.0. The molecule has 2 N–H and O–H groups in total. The summed E-state index contributed by atoms with van der Waals surface area (Å²) in [6, 6.07) is 15.1. The predicted octanol–water partition coefficient (Wildman–Crippen LogP) is 4.26. The third-order valence-corrected chi connectivity index (χ3v) is 12.2. The Kier molecular flexibility index (Phi) is 17.0. The quantitative estimate of drug-likeness (QED) is 0.203. The number of anilines is 3. The van der Waals surface area contributed by atoms with Gasteiger partial charge in [-0.25, -0.2) is 14.4 Å². The first-order valence-electron chi connectivity index (χ1n) is 22.0. The van der Waals surface area contributed by atoms with Gasteiger partial charge < -0.3 is 58.1 Å². The van der Waals surface area contributed by atoms with Crippen molar-refractivity contribution in [3.63, 3.8) is 0 Å². The molecule has 2 saturated heterocycles. The van der Waals surface area contributed by atoms with Crippen molar-refractivity contribution < 1.29 is 72.1 Å². The van der Waals surface area contributed by atoms with Crippen LogP contribution in [0.4, 0.5) is 17.1 Å². The molecule has 2 fully saturated rings. The molecule has 18 heteroatoms. The maximum Gasteiger partial charge on any atom is 0.346 e. The van der Waals surface area contributed by atoms with Crippen LogP contribution < -0.4 is 28.9 Å². The Morgan fingerprint density at radius 1 is 0.561 bits per heavy atom. The number of hydrogen-bond donors (Lipinski definition) is 2. The minimum atomic E-state index is -1.03. The van der Waals surface area contributed by atoms with E-state index in [0.717, 1.165) is 69.2 Å². The Morgan fingerprint density at radius 2 is 0.909 bits per heavy atom. The van der Waals surface area contributed by atoms with Crippen molar-refractivity contribution in [2.75, 3.05) is 103 Å². The Labute approximate surface area is 383 Å². The summed E-state index contributed by atoms with van der Waals surface area (Å²) in [4.78, 5) is 76.6. The number of carbonyl (C=O) groups excluding carboxylic acids is 5. The van der Waals surface area contributed by atoms with Crippen LogP contribution in [0.5, 0.6) is 17.2 Å². The molecule has 0 aromatic heterocycles. The van der Waals surface area contributed by atoms with E-state index >= 15 is 0 Å². The standard InChI is InChI=1S/2C18H23NO5.C12H13NO5/c1-19-11-17(15(20)9-12-5-7-23-8-6-12)24-16-10-13(18(21)22-2)3-4-14(16)19;1-19-10-18(15(21)8-12-4-6-23-7-5-12)24-17-9-13(16(22)11-20)2-3-14(17)19;1-13-6-10(11(14)15)18-9-5-7(12(16)17-2)3-4-8(9)13/h3-4,10,12,17H,5-9,11H2,1-2H3;2-3,9,12,18,20H,4-8,10-11H2,1H3;3-5,10H,6H2,1-2H3,(H,14,15). The molecule has 3 unspecified atom stereocenters. The van der Waals surface area contributed by atoms with Crippen LogP contribution in [0.15, 0.2) is 54.6 Å². The number of likely N-dealkylation sites (N-methyl/N-ethyl adjacent to an activating group) is 3. The number of carboxylic acid groups (broad SMARTS) is 1. The highest BCUT2D eigenvalue weighted by Crippen LogP contribution is 2.37. The number of aliphatic carboxylic acids is 1. The molecule has 3 aromatic carbocycles. The minimum absolute atomic E-state index is 0.0956. The lowest BCUT2D eigenvalue weighted by molar-refractivity contribution is -0.144. The van der Waals surface area contributed by atoms with Gasteiger partial charge in [0.15, 0.2) is 29.6 Å². The number of nitrogens with zero attached hydrogens (tertiary/aromatic N) is 3. The van der Waals surface area contributed by atoms with E-state index in [1.54, 1.807) is 54.4 Å². The Morgan fingerprint density at radius 3 is 1.27 bits per heavy atom. The van der Waals surface area contributed by atoms with E-state index in [9.17, 15) is 28.8 Å². The van der Waals surface area contributed by atoms with Crippen LogP contribution in [0, 0.1) is 11.8 Å². The molecule has 5 aliphatic heterocycles. The number of aliphatic hydroxyl groups excluding tert-OH is 1. The summed E-state index contributed by atoms with van der Waals surface area (Å²) >= 11 is 0. The zero-order chi connectivity index (χ0) is 47.5. The number of methoxy groups -OCH3 is 2. The molecule has 0 saturated carbocycles. The number of fused-ring (bicyclic) bond motifs is 3. The van der Waals surface area contributed by atoms with E-state index in [4.69, 9.17) is 38.6 Å². The molecule has 8 rings (SSSR count). The molecule has 18 nitrogen and oxygen atoms in total. The highest BCUT2D eigenvalue weighted by Gasteiger charge is 2.34. The van der Waals surface area contributed by atoms with Crippen molar-refractivity contribution in [3.05, 3.63) is 71.3 Å². The number of ether oxygens (including phenoxy) is 7. The highest BCUT2D eigenvalue weighted by atomic mass is 16.5. The first-order chi connectivity index (χ1) is 31.7. The molecule has 3 atom stereocenters. The maximum atomic E-state index is 12.6. The van der Waals surface area contributed by atoms with Gasteiger partial charge in [0.1, 0.15) is 23.9 Å². The fraction of sp³-hybridized carbons (Fsp3) is 0.500. The van der Waals surface area contributed by atoms with Crippen molar-refractivity contribution in [2.24, 2.45) is 11.8 Å². The van der Waals surface area contributed by atoms with E-state index in [1.165, 1.54) is 20.3 Å². The second-order valence-electron chi connectivity index (χ2n) is 16.9. The molecular weight excluding hydrogens is 859 g/mol. The monoisotopic (exact) mass is 917 g/mol. The van der Waals surface area contributed by atoms with Gasteiger partial charge in [-0.3, -0.25) is 14.4 Å². The van der Waals surface area contributed by atoms with Crippen molar-refractivity contribution in [1.82, 2.24) is 0 Å². The lowest BCUT2D eigenvalue weighted by Crippen LogP contribution is -2.43. The predicted molar refractivity (Wildman–Crippen MR) is 240 cm³/mol. The van der Waals surface area contributed by atoms with Crippen LogP contribution >= 0.6 is 0 Å². The smallest absolute Gasteiger partial charge is 0.346 e. The summed E-state index contributed by atoms with van der Waals surface area (Å²) in [5.74, 6) is 0.106. The highest BCUT2D eigenvalue weighted by molar-refractivity contribution is 5.98. The average molecular weight is 918 g/mol. The normalized spacial score (nSPS) is 20.1. The second-order valence-corrected chi connectivity index (χ2v) is 16.9. The summed E-state index contributed by atoms with van der Waals surface area (Å²) in [6.45, 7) is 3.65. The molecule has 5 aliphatic rings. The summed E-state index contributed by atoms with van der Waals surface area (Å²) in [5, 5.41) is 18.0. The number of Topliss-reactive ketones (excluding diaryl/α,β-unsaturated/α-hetero) is 3. The number of benzene rings is 3. The Bertz CT molecular complexity index is 2130. The fourth-order valence-electron chi connectivity index (χ4n) is 8.34. The van der Waals surface area contributed by atoms with Gasteiger partial charge in [0, 0.05) is 66.0 Å². The van der Waals surface area contributed by atoms with E-state index in [1.807, 2.05) is 30.0 Å². The number of rotatable bonds is 11. The summed E-state index contributed by atoms with van der Waals surface area (Å²) in [6.07, 6.45) is 2.76. The number of ketones is 3. The molecule has 0 amide bonds. The van der Waals surface area contributed by atoms with Gasteiger partial charge >= 0.3 is 17.9 Å². The molecule has 0 radical (unpaired) electrons. The van der Waals surface area contributed by atoms with Crippen molar-refractivity contribution >= 4 is 52.3 Å². The van der Waals surface area contributed by atoms with Crippen LogP contribution in [0.3, 0.4) is 0 Å². The van der Waals surface area contributed by atoms with Crippen LogP contribution in [0.2, 0.25) is 0 Å². The zero-order valence-electron chi connectivity index (χ0n) is 38.0. The minimum Gasteiger partial charge on any atom is -0.479 e. The van der Waals surface area contributed by atoms with E-state index in [2.05, 4.69) is 4.74 Å². The van der Waals surface area contributed by atoms with E-state index in [0.29, 0.717) is 71.7 Å². The number of carbonyl (C=O) groups is 6. The first kappa shape index (κ1) is 49.2. The topological polar surface area (TPSA) is 217 Å². The summed E-state index contributed by atoms with van der Waals surface area (Å²) < 4.78 is 37.2. The molecule has 3 aromatic rings. The van der Waals surface area contributed by atoms with Crippen molar-refractivity contribution in [3.8, 4) is 17.2 Å². The summed E-state index contributed by atoms with van der Waals surface area (Å²) in [5.41, 5.74) is 3.61. The lowest BCUT2D eigenvalue weighted by atomic mass is 9.92. The van der Waals surface area contributed by atoms with Gasteiger partial charge in [-0.2, -0.15) is 0 Å². The Balaban J connectivity index is 0.000000166. The number of carboxylic acids is 1. The zero-order valence-corrected chi connectivity index (χ0v) is 38.0. The van der Waals surface area contributed by atoms with Crippen molar-refractivity contribution in [2.45, 2.75) is 56.8 Å². The molecule has 0 bridgehead atoms. The van der Waals surface area contributed by atoms with Gasteiger partial charge in [-0.15, -0.1) is 0 Å². The van der Waals surface area contributed by atoms with Crippen LogP contribution in [0.1, 0.15) is 69.6 Å². The molecule has 66 heavy (non-hydrogen) atoms. The second kappa shape index (κ2) is 22.8. The average Bonchev–Trinajstić information content (AvgIpc) is 3.33. The van der Waals surface area contributed by atoms with Gasteiger partial charge in [0.2, 0.25) is 6.10 Å². The third-order valence-electron chi connectivity index (χ3n) is 12.2. The van der Waals surface area contributed by atoms with Gasteiger partial charge in [-0.05, 0) is 92.1 Å². The van der Waals surface area contributed by atoms with Gasteiger partial charge in [0.05, 0.1) is 62.0 Å². The molecule has 0 spiro atoms. The molecule has 356 valence electrons. The van der Waals surface area contributed by atoms with Gasteiger partial charge in [-0.1, -0.05) is 0 Å². The van der Waals surface area contributed by atoms with Crippen LogP contribution in [0.25, 0.3) is 0 Å². The molecule has 5 heterocycles. The maximum absolute atomic E-state index is 12.6. The van der Waals surface area contributed by atoms with E-state index in [-0.39, 0.29) is 23.9 Å². The molecular formula is C48H59N3O15. The third kappa shape index (κ3) is 12.3. The summed E-state index contributed by atoms with van der Waals surface area (Å²) in [7, 11) is 8.23. The SMILES string of the molecule is CN1CC(C(=O)CC2CCOCC2)Oc2cc(C(=O)CO)ccc21.COC(=O)c1ccc2c(c1)OC(C(=O)CC1CCOCC1)CN2C.COC(=O)c1ccc2c(c1)OC(C(=O)O)CN2C. The lowest BCUT2D eigenvalue weighted by Gasteiger charge is -2.34. The van der Waals surface area contributed by atoms with E-state index < -0.39 is 42.8 Å². The van der Waals surface area contributed by atoms with Crippen LogP contribution in [-0.2, 0) is 33.3 Å². The molecule has 0 aliphatic carbocycles. The van der Waals surface area contributed by atoms with Crippen LogP contribution in [-0.4, -0.2) is 152 Å². The fourth-order valence-corrected chi connectivity index (χ4v) is 8.34.